The first-order chi connectivity index (χ1) is 13.2. The molecule has 0 amide bonds. The third-order valence-electron chi connectivity index (χ3n) is 4.73. The standard InChI is InChI=1S/C21H18N4O2/c1-27-17-9-7-14(8-10-17)19-11-18(20(26)15-5-3-2-4-6-15)24-21-16(12-22)13-23-25(19)21/h2-11,16,21,23H,13H2,1H3. The molecule has 1 fully saturated rings. The molecule has 2 heterocycles. The van der Waals surface area contributed by atoms with Gasteiger partial charge in [-0.05, 0) is 35.9 Å². The van der Waals surface area contributed by atoms with Gasteiger partial charge in [0.25, 0.3) is 0 Å². The number of fused-ring (bicyclic) bond motifs is 1. The molecule has 0 radical (unpaired) electrons. The van der Waals surface area contributed by atoms with E-state index in [4.69, 9.17) is 4.74 Å². The molecule has 27 heavy (non-hydrogen) atoms. The van der Waals surface area contributed by atoms with Crippen molar-refractivity contribution in [2.45, 2.75) is 6.17 Å². The number of hydrogen-bond donors (Lipinski definition) is 1. The van der Waals surface area contributed by atoms with E-state index in [1.807, 2.05) is 47.5 Å². The van der Waals surface area contributed by atoms with E-state index in [2.05, 4.69) is 16.5 Å². The number of methoxy groups -OCH3 is 1. The second kappa shape index (κ2) is 7.06. The van der Waals surface area contributed by atoms with Gasteiger partial charge < -0.3 is 4.74 Å². The van der Waals surface area contributed by atoms with E-state index in [1.54, 1.807) is 25.3 Å². The van der Waals surface area contributed by atoms with Crippen molar-refractivity contribution in [3.05, 3.63) is 71.8 Å². The number of hydrazine groups is 1. The second-order valence-electron chi connectivity index (χ2n) is 6.35. The predicted octanol–water partition coefficient (Wildman–Crippen LogP) is 2.66. The molecule has 2 aliphatic heterocycles. The van der Waals surface area contributed by atoms with E-state index < -0.39 is 6.17 Å². The lowest BCUT2D eigenvalue weighted by molar-refractivity contribution is 0.106. The maximum atomic E-state index is 12.9. The van der Waals surface area contributed by atoms with Gasteiger partial charge in [-0.1, -0.05) is 30.3 Å². The van der Waals surface area contributed by atoms with Gasteiger partial charge in [-0.15, -0.1) is 0 Å². The summed E-state index contributed by atoms with van der Waals surface area (Å²) >= 11 is 0. The summed E-state index contributed by atoms with van der Waals surface area (Å²) in [4.78, 5) is 17.5. The molecule has 4 rings (SSSR count). The van der Waals surface area contributed by atoms with E-state index >= 15 is 0 Å². The summed E-state index contributed by atoms with van der Waals surface area (Å²) in [5.74, 6) is 0.278. The molecule has 2 aliphatic rings. The molecule has 0 spiro atoms. The summed E-state index contributed by atoms with van der Waals surface area (Å²) < 4.78 is 5.23. The molecule has 134 valence electrons. The fourth-order valence-electron chi connectivity index (χ4n) is 3.29. The molecule has 2 aromatic carbocycles. The number of carbonyl (C=O) groups is 1. The van der Waals surface area contributed by atoms with Crippen LogP contribution in [0.4, 0.5) is 0 Å². The molecule has 0 saturated carbocycles. The molecule has 0 aromatic heterocycles. The lowest BCUT2D eigenvalue weighted by Gasteiger charge is -2.31. The van der Waals surface area contributed by atoms with Crippen LogP contribution in [0.25, 0.3) is 5.70 Å². The number of ketones is 1. The van der Waals surface area contributed by atoms with Crippen molar-refractivity contribution in [1.29, 1.82) is 5.26 Å². The van der Waals surface area contributed by atoms with Crippen LogP contribution in [0.3, 0.4) is 0 Å². The van der Waals surface area contributed by atoms with Gasteiger partial charge in [0.15, 0.2) is 6.17 Å². The van der Waals surface area contributed by atoms with Crippen LogP contribution in [0.15, 0.2) is 65.7 Å². The Labute approximate surface area is 157 Å². The van der Waals surface area contributed by atoms with Crippen LogP contribution in [0.5, 0.6) is 5.75 Å². The highest BCUT2D eigenvalue weighted by atomic mass is 16.5. The Morgan fingerprint density at radius 2 is 1.96 bits per heavy atom. The maximum absolute atomic E-state index is 12.9. The van der Waals surface area contributed by atoms with E-state index in [0.29, 0.717) is 17.8 Å². The Morgan fingerprint density at radius 1 is 1.22 bits per heavy atom. The first-order valence-electron chi connectivity index (χ1n) is 8.67. The molecule has 0 bridgehead atoms. The lowest BCUT2D eigenvalue weighted by atomic mass is 10.00. The topological polar surface area (TPSA) is 77.7 Å². The van der Waals surface area contributed by atoms with Crippen LogP contribution in [-0.2, 0) is 0 Å². The number of nitrogens with one attached hydrogen (secondary N) is 1. The number of carbonyl (C=O) groups excluding carboxylic acids is 1. The van der Waals surface area contributed by atoms with Crippen molar-refractivity contribution < 1.29 is 9.53 Å². The zero-order valence-corrected chi connectivity index (χ0v) is 14.8. The highest BCUT2D eigenvalue weighted by Crippen LogP contribution is 2.32. The van der Waals surface area contributed by atoms with Crippen LogP contribution in [0.1, 0.15) is 15.9 Å². The van der Waals surface area contributed by atoms with Crippen LogP contribution in [-0.4, -0.2) is 36.3 Å². The van der Waals surface area contributed by atoms with Crippen molar-refractivity contribution in [3.8, 4) is 11.8 Å². The van der Waals surface area contributed by atoms with Gasteiger partial charge in [0.05, 0.1) is 18.9 Å². The number of nitriles is 1. The number of aliphatic imine (C=N–C) groups is 1. The lowest BCUT2D eigenvalue weighted by Crippen LogP contribution is -2.40. The van der Waals surface area contributed by atoms with Crippen LogP contribution >= 0.6 is 0 Å². The van der Waals surface area contributed by atoms with Gasteiger partial charge in [-0.3, -0.25) is 14.8 Å². The summed E-state index contributed by atoms with van der Waals surface area (Å²) in [6, 6.07) is 18.9. The highest BCUT2D eigenvalue weighted by molar-refractivity contribution is 6.50. The monoisotopic (exact) mass is 358 g/mol. The van der Waals surface area contributed by atoms with Gasteiger partial charge in [0.1, 0.15) is 17.4 Å². The van der Waals surface area contributed by atoms with Gasteiger partial charge in [0.2, 0.25) is 5.78 Å². The maximum Gasteiger partial charge on any atom is 0.211 e. The fraction of sp³-hybridized carbons (Fsp3) is 0.190. The first kappa shape index (κ1) is 17.0. The minimum Gasteiger partial charge on any atom is -0.497 e. The van der Waals surface area contributed by atoms with Crippen molar-refractivity contribution in [2.24, 2.45) is 10.9 Å². The third-order valence-corrected chi connectivity index (χ3v) is 4.73. The smallest absolute Gasteiger partial charge is 0.211 e. The number of nitrogens with zero attached hydrogens (tertiary/aromatic N) is 3. The quantitative estimate of drug-likeness (QED) is 0.850. The molecule has 0 aliphatic carbocycles. The molecule has 2 aromatic rings. The number of benzene rings is 2. The number of hydrogen-bond acceptors (Lipinski definition) is 6. The Kier molecular flexibility index (Phi) is 4.45. The summed E-state index contributed by atoms with van der Waals surface area (Å²) in [5, 5.41) is 11.3. The van der Waals surface area contributed by atoms with Crippen molar-refractivity contribution in [3.63, 3.8) is 0 Å². The SMILES string of the molecule is COc1ccc(C2=CC(C(=O)c3ccccc3)=NC3C(C#N)CNN23)cc1. The molecule has 1 saturated heterocycles. The molecular weight excluding hydrogens is 340 g/mol. The molecule has 2 unspecified atom stereocenters. The molecular formula is C21H18N4O2. The number of rotatable bonds is 4. The zero-order chi connectivity index (χ0) is 18.8. The number of ether oxygens (including phenoxy) is 1. The van der Waals surface area contributed by atoms with Crippen molar-refractivity contribution in [2.75, 3.05) is 13.7 Å². The predicted molar refractivity (Wildman–Crippen MR) is 102 cm³/mol. The van der Waals surface area contributed by atoms with Crippen LogP contribution < -0.4 is 10.2 Å². The summed E-state index contributed by atoms with van der Waals surface area (Å²) in [6.45, 7) is 0.491. The van der Waals surface area contributed by atoms with E-state index in [-0.39, 0.29) is 11.7 Å². The minimum absolute atomic E-state index is 0.148. The van der Waals surface area contributed by atoms with E-state index in [1.165, 1.54) is 0 Å². The van der Waals surface area contributed by atoms with Crippen LogP contribution in [0, 0.1) is 17.2 Å². The largest absolute Gasteiger partial charge is 0.497 e. The van der Waals surface area contributed by atoms with Gasteiger partial charge in [-0.2, -0.15) is 5.26 Å². The van der Waals surface area contributed by atoms with Crippen molar-refractivity contribution in [1.82, 2.24) is 10.4 Å². The molecule has 6 heteroatoms. The Morgan fingerprint density at radius 3 is 2.63 bits per heavy atom. The Hall–Kier alpha value is -3.43. The summed E-state index contributed by atoms with van der Waals surface area (Å²) in [5.41, 5.74) is 5.90. The number of allylic oxidation sites excluding steroid dienone is 1. The van der Waals surface area contributed by atoms with Gasteiger partial charge >= 0.3 is 0 Å². The second-order valence-corrected chi connectivity index (χ2v) is 6.35. The Balaban J connectivity index is 1.76. The molecule has 2 atom stereocenters. The average molecular weight is 358 g/mol. The van der Waals surface area contributed by atoms with Gasteiger partial charge in [0, 0.05) is 12.1 Å². The van der Waals surface area contributed by atoms with Crippen molar-refractivity contribution >= 4 is 17.2 Å². The highest BCUT2D eigenvalue weighted by Gasteiger charge is 2.39. The molecule has 6 nitrogen and oxygen atoms in total. The fourth-order valence-corrected chi connectivity index (χ4v) is 3.29. The Bertz CT molecular complexity index is 958. The van der Waals surface area contributed by atoms with E-state index in [0.717, 1.165) is 17.0 Å². The van der Waals surface area contributed by atoms with E-state index in [9.17, 15) is 10.1 Å². The number of Topliss-reactive ketones (excluding diaryl/α,β-unsaturated/α-hetero) is 1. The van der Waals surface area contributed by atoms with Crippen LogP contribution in [0.2, 0.25) is 0 Å². The zero-order valence-electron chi connectivity index (χ0n) is 14.8. The summed E-state index contributed by atoms with van der Waals surface area (Å²) in [6.07, 6.45) is 1.35. The summed E-state index contributed by atoms with van der Waals surface area (Å²) in [7, 11) is 1.62. The normalized spacial score (nSPS) is 21.0. The van der Waals surface area contributed by atoms with Gasteiger partial charge in [-0.25, -0.2) is 5.43 Å². The first-order valence-corrected chi connectivity index (χ1v) is 8.67. The molecule has 1 N–H and O–H groups in total. The minimum atomic E-state index is -0.431. The third kappa shape index (κ3) is 3.09. The average Bonchev–Trinajstić information content (AvgIpc) is 3.16.